The van der Waals surface area contributed by atoms with E-state index in [0.29, 0.717) is 58.2 Å². The lowest BCUT2D eigenvalue weighted by Gasteiger charge is -2.26. The highest BCUT2D eigenvalue weighted by Gasteiger charge is 2.21. The monoisotopic (exact) mass is 444 g/mol. The van der Waals surface area contributed by atoms with Crippen molar-refractivity contribution < 1.29 is 13.9 Å². The topological polar surface area (TPSA) is 107 Å². The Morgan fingerprint density at radius 2 is 1.91 bits per heavy atom. The number of para-hydroxylation sites is 2. The third kappa shape index (κ3) is 3.32. The molecule has 0 saturated heterocycles. The fraction of sp³-hybridized carbons (Fsp3) is 0.130. The predicted octanol–water partition coefficient (Wildman–Crippen LogP) is 3.05. The molecule has 10 heteroatoms. The van der Waals surface area contributed by atoms with Gasteiger partial charge in [0.1, 0.15) is 18.5 Å². The van der Waals surface area contributed by atoms with Crippen molar-refractivity contribution in [2.75, 3.05) is 18.5 Å². The van der Waals surface area contributed by atoms with Crippen LogP contribution in [0.3, 0.4) is 0 Å². The first-order valence-corrected chi connectivity index (χ1v) is 10.3. The Morgan fingerprint density at radius 3 is 2.76 bits per heavy atom. The van der Waals surface area contributed by atoms with Crippen LogP contribution >= 0.6 is 0 Å². The van der Waals surface area contributed by atoms with Gasteiger partial charge in [-0.05, 0) is 36.4 Å². The number of halogens is 1. The maximum atomic E-state index is 13.5. The number of hydrogen-bond donors (Lipinski definition) is 2. The van der Waals surface area contributed by atoms with Crippen molar-refractivity contribution in [3.8, 4) is 17.2 Å². The Balaban J connectivity index is 1.37. The Hall–Kier alpha value is -4.47. The van der Waals surface area contributed by atoms with E-state index < -0.39 is 5.82 Å². The quantitative estimate of drug-likeness (QED) is 0.439. The van der Waals surface area contributed by atoms with Gasteiger partial charge in [0, 0.05) is 6.20 Å². The van der Waals surface area contributed by atoms with Gasteiger partial charge < -0.3 is 14.8 Å². The number of anilines is 1. The van der Waals surface area contributed by atoms with Gasteiger partial charge >= 0.3 is 0 Å². The van der Waals surface area contributed by atoms with E-state index in [1.807, 2.05) is 24.3 Å². The van der Waals surface area contributed by atoms with Crippen LogP contribution in [0, 0.1) is 5.82 Å². The van der Waals surface area contributed by atoms with Crippen LogP contribution in [0.1, 0.15) is 0 Å². The summed E-state index contributed by atoms with van der Waals surface area (Å²) >= 11 is 0. The van der Waals surface area contributed by atoms with Crippen LogP contribution in [0.2, 0.25) is 0 Å². The first kappa shape index (κ1) is 19.2. The Morgan fingerprint density at radius 1 is 1.09 bits per heavy atom. The maximum Gasteiger partial charge on any atom is 0.267 e. The zero-order valence-electron chi connectivity index (χ0n) is 17.2. The van der Waals surface area contributed by atoms with Crippen LogP contribution in [0.15, 0.2) is 65.7 Å². The van der Waals surface area contributed by atoms with Crippen LogP contribution in [0.25, 0.3) is 27.6 Å². The summed E-state index contributed by atoms with van der Waals surface area (Å²) in [5, 5.41) is 11.0. The average molecular weight is 444 g/mol. The molecule has 2 aromatic carbocycles. The van der Waals surface area contributed by atoms with E-state index in [2.05, 4.69) is 25.5 Å². The Bertz CT molecular complexity index is 1550. The van der Waals surface area contributed by atoms with Gasteiger partial charge in [-0.3, -0.25) is 14.5 Å². The van der Waals surface area contributed by atoms with Gasteiger partial charge in [-0.25, -0.2) is 9.37 Å². The first-order chi connectivity index (χ1) is 16.2. The number of aromatic nitrogens is 5. The lowest BCUT2D eigenvalue weighted by Crippen LogP contribution is -2.35. The molecule has 0 aliphatic carbocycles. The molecular formula is C23H17FN6O3. The summed E-state index contributed by atoms with van der Waals surface area (Å²) in [5.41, 5.74) is 1.08. The highest BCUT2D eigenvalue weighted by molar-refractivity contribution is 6.02. The van der Waals surface area contributed by atoms with E-state index >= 15 is 0 Å². The van der Waals surface area contributed by atoms with Gasteiger partial charge in [-0.15, -0.1) is 0 Å². The van der Waals surface area contributed by atoms with Crippen molar-refractivity contribution in [2.24, 2.45) is 0 Å². The molecule has 0 fully saturated rings. The second-order valence-corrected chi connectivity index (χ2v) is 7.59. The molecule has 0 spiro atoms. The molecule has 164 valence electrons. The number of benzene rings is 2. The fourth-order valence-corrected chi connectivity index (χ4v) is 3.87. The number of nitrogens with one attached hydrogen (secondary N) is 2. The zero-order chi connectivity index (χ0) is 22.4. The number of aromatic amines is 1. The minimum Gasteiger partial charge on any atom is -0.486 e. The van der Waals surface area contributed by atoms with Crippen LogP contribution in [-0.2, 0) is 0 Å². The van der Waals surface area contributed by atoms with Crippen molar-refractivity contribution >= 4 is 27.9 Å². The average Bonchev–Trinajstić information content (AvgIpc) is 3.34. The van der Waals surface area contributed by atoms with Crippen LogP contribution in [0.5, 0.6) is 11.5 Å². The molecule has 9 nitrogen and oxygen atoms in total. The minimum absolute atomic E-state index is 0.242. The number of ether oxygens (including phenoxy) is 2. The summed E-state index contributed by atoms with van der Waals surface area (Å²) in [5.74, 6) is 1.32. The molecule has 0 radical (unpaired) electrons. The summed E-state index contributed by atoms with van der Waals surface area (Å²) in [4.78, 5) is 22.2. The second kappa shape index (κ2) is 7.59. The van der Waals surface area contributed by atoms with Crippen molar-refractivity contribution in [2.45, 2.75) is 6.10 Å². The molecule has 0 bridgehead atoms. The normalized spacial score (nSPS) is 15.1. The molecule has 5 aromatic rings. The largest absolute Gasteiger partial charge is 0.486 e. The third-order valence-corrected chi connectivity index (χ3v) is 5.46. The lowest BCUT2D eigenvalue weighted by molar-refractivity contribution is 0.0996. The SMILES string of the molecule is O=c1c2cn[nH]c2c2cnc(NC[C@H]3COc4ccccc4O3)nc2n1-c1ccc(F)cc1. The molecule has 33 heavy (non-hydrogen) atoms. The number of pyridine rings is 1. The molecule has 2 N–H and O–H groups in total. The molecule has 1 atom stereocenters. The zero-order valence-corrected chi connectivity index (χ0v) is 17.2. The lowest BCUT2D eigenvalue weighted by atomic mass is 10.2. The number of nitrogens with zero attached hydrogens (tertiary/aromatic N) is 4. The van der Waals surface area contributed by atoms with Gasteiger partial charge in [0.05, 0.1) is 34.7 Å². The molecule has 4 heterocycles. The van der Waals surface area contributed by atoms with E-state index in [0.717, 1.165) is 0 Å². The predicted molar refractivity (Wildman–Crippen MR) is 120 cm³/mol. The maximum absolute atomic E-state index is 13.5. The third-order valence-electron chi connectivity index (χ3n) is 5.46. The van der Waals surface area contributed by atoms with Crippen molar-refractivity contribution in [1.82, 2.24) is 24.7 Å². The summed E-state index contributed by atoms with van der Waals surface area (Å²) < 4.78 is 26.6. The highest BCUT2D eigenvalue weighted by Crippen LogP contribution is 2.31. The molecular weight excluding hydrogens is 427 g/mol. The summed E-state index contributed by atoms with van der Waals surface area (Å²) in [7, 11) is 0. The number of fused-ring (bicyclic) bond motifs is 4. The molecule has 3 aromatic heterocycles. The molecule has 0 unspecified atom stereocenters. The van der Waals surface area contributed by atoms with Gasteiger partial charge in [0.15, 0.2) is 17.1 Å². The highest BCUT2D eigenvalue weighted by atomic mass is 19.1. The molecule has 6 rings (SSSR count). The summed E-state index contributed by atoms with van der Waals surface area (Å²) in [6.07, 6.45) is 2.84. The van der Waals surface area contributed by atoms with Crippen molar-refractivity contribution in [1.29, 1.82) is 0 Å². The van der Waals surface area contributed by atoms with E-state index in [1.54, 1.807) is 6.20 Å². The van der Waals surface area contributed by atoms with Crippen LogP contribution in [0.4, 0.5) is 10.3 Å². The van der Waals surface area contributed by atoms with Crippen LogP contribution < -0.4 is 20.3 Å². The molecule has 0 saturated carbocycles. The Kier molecular flexibility index (Phi) is 4.42. The number of hydrogen-bond acceptors (Lipinski definition) is 7. The second-order valence-electron chi connectivity index (χ2n) is 7.59. The molecule has 1 aliphatic heterocycles. The molecule has 1 aliphatic rings. The van der Waals surface area contributed by atoms with Crippen molar-refractivity contribution in [3.63, 3.8) is 0 Å². The van der Waals surface area contributed by atoms with Gasteiger partial charge in [0.2, 0.25) is 5.95 Å². The minimum atomic E-state index is -0.395. The van der Waals surface area contributed by atoms with E-state index in [4.69, 9.17) is 9.47 Å². The summed E-state index contributed by atoms with van der Waals surface area (Å²) in [6, 6.07) is 13.1. The number of rotatable bonds is 4. The van der Waals surface area contributed by atoms with Gasteiger partial charge in [0.25, 0.3) is 5.56 Å². The van der Waals surface area contributed by atoms with Gasteiger partial charge in [-0.2, -0.15) is 10.1 Å². The van der Waals surface area contributed by atoms with E-state index in [9.17, 15) is 9.18 Å². The number of H-pyrrole nitrogens is 1. The van der Waals surface area contributed by atoms with Crippen molar-refractivity contribution in [3.05, 3.63) is 77.1 Å². The Labute approximate surface area is 185 Å². The van der Waals surface area contributed by atoms with E-state index in [-0.39, 0.29) is 11.7 Å². The summed E-state index contributed by atoms with van der Waals surface area (Å²) in [6.45, 7) is 0.777. The first-order valence-electron chi connectivity index (χ1n) is 10.3. The molecule has 0 amide bonds. The smallest absolute Gasteiger partial charge is 0.267 e. The van der Waals surface area contributed by atoms with Gasteiger partial charge in [-0.1, -0.05) is 12.1 Å². The van der Waals surface area contributed by atoms with Crippen LogP contribution in [-0.4, -0.2) is 44.0 Å². The standard InChI is InChI=1S/C23H17FN6O3/c24-13-5-7-14(8-6-13)30-21-16(20-17(22(30)31)11-27-29-20)10-26-23(28-21)25-9-15-12-32-18-3-1-2-4-19(18)33-15/h1-8,10-11,15H,9,12H2,(H,27,29)(H,25,26,28)/t15-/m0/s1. The van der Waals surface area contributed by atoms with E-state index in [1.165, 1.54) is 35.0 Å². The fourth-order valence-electron chi connectivity index (χ4n) is 3.87.